The van der Waals surface area contributed by atoms with Crippen LogP contribution in [-0.4, -0.2) is 43.4 Å². The van der Waals surface area contributed by atoms with Crippen molar-refractivity contribution in [3.8, 4) is 0 Å². The van der Waals surface area contributed by atoms with Crippen LogP contribution in [0.25, 0.3) is 0 Å². The predicted octanol–water partition coefficient (Wildman–Crippen LogP) is 0.649. The lowest BCUT2D eigenvalue weighted by Gasteiger charge is -2.38. The van der Waals surface area contributed by atoms with Gasteiger partial charge in [0.15, 0.2) is 0 Å². The van der Waals surface area contributed by atoms with Gasteiger partial charge in [0.2, 0.25) is 0 Å². The Morgan fingerprint density at radius 1 is 1.21 bits per heavy atom. The molecule has 1 N–H and O–H groups in total. The highest BCUT2D eigenvalue weighted by molar-refractivity contribution is 5.53. The van der Waals surface area contributed by atoms with Crippen LogP contribution in [0.1, 0.15) is 25.7 Å². The fourth-order valence-electron chi connectivity index (χ4n) is 2.65. The van der Waals surface area contributed by atoms with Gasteiger partial charge in [-0.2, -0.15) is 0 Å². The summed E-state index contributed by atoms with van der Waals surface area (Å²) >= 11 is 0. The second-order valence-corrected chi connectivity index (χ2v) is 4.51. The van der Waals surface area contributed by atoms with Gasteiger partial charge in [-0.1, -0.05) is 0 Å². The van der Waals surface area contributed by atoms with Crippen molar-refractivity contribution >= 4 is 6.29 Å². The second kappa shape index (κ2) is 4.89. The zero-order chi connectivity index (χ0) is 9.80. The first-order valence-corrected chi connectivity index (χ1v) is 5.80. The lowest BCUT2D eigenvalue weighted by atomic mass is 9.95. The highest BCUT2D eigenvalue weighted by Crippen LogP contribution is 2.20. The molecule has 2 heterocycles. The van der Waals surface area contributed by atoms with Gasteiger partial charge in [0.05, 0.1) is 0 Å². The molecule has 2 rings (SSSR count). The Balaban J connectivity index is 1.86. The van der Waals surface area contributed by atoms with E-state index in [1.165, 1.54) is 25.8 Å². The first-order chi connectivity index (χ1) is 6.90. The summed E-state index contributed by atoms with van der Waals surface area (Å²) in [5.41, 5.74) is 0. The molecule has 0 spiro atoms. The summed E-state index contributed by atoms with van der Waals surface area (Å²) in [4.78, 5) is 13.3. The first kappa shape index (κ1) is 10.1. The lowest BCUT2D eigenvalue weighted by Crippen LogP contribution is -2.47. The molecule has 3 heteroatoms. The van der Waals surface area contributed by atoms with Gasteiger partial charge in [-0.3, -0.25) is 4.90 Å². The van der Waals surface area contributed by atoms with Crippen molar-refractivity contribution in [3.05, 3.63) is 0 Å². The Kier molecular flexibility index (Phi) is 3.54. The number of nitrogens with zero attached hydrogens (tertiary/aromatic N) is 1. The van der Waals surface area contributed by atoms with Crippen LogP contribution in [0.5, 0.6) is 0 Å². The van der Waals surface area contributed by atoms with Crippen LogP contribution in [0.4, 0.5) is 0 Å². The van der Waals surface area contributed by atoms with Gasteiger partial charge >= 0.3 is 0 Å². The minimum atomic E-state index is 0.304. The number of piperidine rings is 2. The monoisotopic (exact) mass is 196 g/mol. The number of carbonyl (C=O) groups excluding carboxylic acids is 1. The summed E-state index contributed by atoms with van der Waals surface area (Å²) < 4.78 is 0. The minimum Gasteiger partial charge on any atom is -0.317 e. The zero-order valence-electron chi connectivity index (χ0n) is 8.74. The fourth-order valence-corrected chi connectivity index (χ4v) is 2.65. The van der Waals surface area contributed by atoms with Gasteiger partial charge in [0.25, 0.3) is 0 Å². The van der Waals surface area contributed by atoms with E-state index >= 15 is 0 Å². The zero-order valence-corrected chi connectivity index (χ0v) is 8.74. The molecule has 0 bridgehead atoms. The lowest BCUT2D eigenvalue weighted by molar-refractivity contribution is -0.112. The number of likely N-dealkylation sites (tertiary alicyclic amines) is 1. The maximum Gasteiger partial charge on any atom is 0.124 e. The highest BCUT2D eigenvalue weighted by atomic mass is 16.1. The standard InChI is InChI=1S/C11H20N2O/c14-9-10-2-1-7-13(8-10)11-3-5-12-6-4-11/h9-12H,1-8H2. The molecule has 2 saturated heterocycles. The van der Waals surface area contributed by atoms with E-state index in [4.69, 9.17) is 0 Å². The molecule has 14 heavy (non-hydrogen) atoms. The van der Waals surface area contributed by atoms with Crippen molar-refractivity contribution in [1.82, 2.24) is 10.2 Å². The largest absolute Gasteiger partial charge is 0.317 e. The van der Waals surface area contributed by atoms with Gasteiger partial charge in [-0.25, -0.2) is 0 Å². The predicted molar refractivity (Wildman–Crippen MR) is 56.3 cm³/mol. The third kappa shape index (κ3) is 2.34. The number of carbonyl (C=O) groups is 1. The molecule has 0 aromatic rings. The number of nitrogens with one attached hydrogen (secondary N) is 1. The summed E-state index contributed by atoms with van der Waals surface area (Å²) in [6.45, 7) is 4.50. The summed E-state index contributed by atoms with van der Waals surface area (Å²) in [5, 5.41) is 3.38. The Morgan fingerprint density at radius 2 is 2.00 bits per heavy atom. The van der Waals surface area contributed by atoms with Crippen molar-refractivity contribution < 1.29 is 4.79 Å². The van der Waals surface area contributed by atoms with Crippen LogP contribution in [0.3, 0.4) is 0 Å². The van der Waals surface area contributed by atoms with Gasteiger partial charge in [0, 0.05) is 18.5 Å². The van der Waals surface area contributed by atoms with E-state index in [-0.39, 0.29) is 0 Å². The van der Waals surface area contributed by atoms with Gasteiger partial charge in [-0.05, 0) is 45.3 Å². The van der Waals surface area contributed by atoms with Crippen molar-refractivity contribution in [2.75, 3.05) is 26.2 Å². The average molecular weight is 196 g/mol. The van der Waals surface area contributed by atoms with Crippen LogP contribution < -0.4 is 5.32 Å². The third-order valence-electron chi connectivity index (χ3n) is 3.51. The number of hydrogen-bond donors (Lipinski definition) is 1. The van der Waals surface area contributed by atoms with E-state index < -0.39 is 0 Å². The smallest absolute Gasteiger partial charge is 0.124 e. The normalized spacial score (nSPS) is 31.6. The van der Waals surface area contributed by atoms with Gasteiger partial charge in [0.1, 0.15) is 6.29 Å². The van der Waals surface area contributed by atoms with Crippen LogP contribution in [0.2, 0.25) is 0 Å². The van der Waals surface area contributed by atoms with Crippen molar-refractivity contribution in [2.24, 2.45) is 5.92 Å². The first-order valence-electron chi connectivity index (χ1n) is 5.80. The Morgan fingerprint density at radius 3 is 2.71 bits per heavy atom. The molecule has 2 aliphatic rings. The third-order valence-corrected chi connectivity index (χ3v) is 3.51. The Labute approximate surface area is 85.8 Å². The maximum absolute atomic E-state index is 10.7. The Bertz CT molecular complexity index is 190. The SMILES string of the molecule is O=CC1CCCN(C2CCNCC2)C1. The topological polar surface area (TPSA) is 32.3 Å². The molecule has 0 amide bonds. The molecule has 1 atom stereocenters. The second-order valence-electron chi connectivity index (χ2n) is 4.51. The molecular formula is C11H20N2O. The summed E-state index contributed by atoms with van der Waals surface area (Å²) in [6, 6.07) is 0.735. The van der Waals surface area contributed by atoms with E-state index in [0.29, 0.717) is 5.92 Å². The van der Waals surface area contributed by atoms with E-state index in [9.17, 15) is 4.79 Å². The highest BCUT2D eigenvalue weighted by Gasteiger charge is 2.26. The Hall–Kier alpha value is -0.410. The molecule has 1 unspecified atom stereocenters. The van der Waals surface area contributed by atoms with Crippen molar-refractivity contribution in [3.63, 3.8) is 0 Å². The van der Waals surface area contributed by atoms with Crippen molar-refractivity contribution in [2.45, 2.75) is 31.7 Å². The molecule has 0 aromatic carbocycles. The maximum atomic E-state index is 10.7. The van der Waals surface area contributed by atoms with E-state index in [2.05, 4.69) is 10.2 Å². The van der Waals surface area contributed by atoms with E-state index in [0.717, 1.165) is 38.4 Å². The van der Waals surface area contributed by atoms with E-state index in [1.807, 2.05) is 0 Å². The van der Waals surface area contributed by atoms with Crippen molar-refractivity contribution in [1.29, 1.82) is 0 Å². The molecule has 0 radical (unpaired) electrons. The van der Waals surface area contributed by atoms with Gasteiger partial charge in [-0.15, -0.1) is 0 Å². The number of hydrogen-bond acceptors (Lipinski definition) is 3. The number of rotatable bonds is 2. The molecule has 0 aromatic heterocycles. The molecule has 0 aliphatic carbocycles. The minimum absolute atomic E-state index is 0.304. The van der Waals surface area contributed by atoms with Crippen LogP contribution in [0, 0.1) is 5.92 Å². The van der Waals surface area contributed by atoms with E-state index in [1.54, 1.807) is 0 Å². The average Bonchev–Trinajstić information content (AvgIpc) is 2.30. The fraction of sp³-hybridized carbons (Fsp3) is 0.909. The molecule has 0 saturated carbocycles. The van der Waals surface area contributed by atoms with Crippen LogP contribution in [-0.2, 0) is 4.79 Å². The molecule has 3 nitrogen and oxygen atoms in total. The van der Waals surface area contributed by atoms with Gasteiger partial charge < -0.3 is 10.1 Å². The number of aldehydes is 1. The quantitative estimate of drug-likeness (QED) is 0.658. The molecular weight excluding hydrogens is 176 g/mol. The van der Waals surface area contributed by atoms with Crippen LogP contribution in [0.15, 0.2) is 0 Å². The molecule has 2 aliphatic heterocycles. The molecule has 80 valence electrons. The van der Waals surface area contributed by atoms with Crippen LogP contribution >= 0.6 is 0 Å². The summed E-state index contributed by atoms with van der Waals surface area (Å²) in [5.74, 6) is 0.304. The summed E-state index contributed by atoms with van der Waals surface area (Å²) in [6.07, 6.45) is 5.96. The summed E-state index contributed by atoms with van der Waals surface area (Å²) in [7, 11) is 0. The molecule has 2 fully saturated rings.